The van der Waals surface area contributed by atoms with Gasteiger partial charge in [-0.15, -0.1) is 0 Å². The zero-order chi connectivity index (χ0) is 22.3. The highest BCUT2D eigenvalue weighted by molar-refractivity contribution is 5.93. The van der Waals surface area contributed by atoms with Gasteiger partial charge >= 0.3 is 0 Å². The average molecular weight is 428 g/mol. The maximum Gasteiger partial charge on any atom is 0.269 e. The molecule has 1 fully saturated rings. The number of H-pyrrole nitrogens is 1. The zero-order valence-electron chi connectivity index (χ0n) is 16.6. The molecular formula is C22H19F3N4O2. The summed E-state index contributed by atoms with van der Waals surface area (Å²) in [5, 5.41) is 0. The molecule has 9 heteroatoms. The van der Waals surface area contributed by atoms with Crippen LogP contribution in [0.2, 0.25) is 0 Å². The minimum absolute atomic E-state index is 0.0234. The molecule has 0 saturated carbocycles. The molecule has 0 bridgehead atoms. The van der Waals surface area contributed by atoms with E-state index in [1.54, 1.807) is 19.1 Å². The SMILES string of the molecule is Cc1nc2ccc(CN3CC/C(=C\c4ccc(C(N)=O)c(F)c4F)C3)c(F)c2[nH]c1=O. The molecule has 0 radical (unpaired) electrons. The van der Waals surface area contributed by atoms with Crippen molar-refractivity contribution in [2.24, 2.45) is 5.73 Å². The molecule has 1 aliphatic rings. The summed E-state index contributed by atoms with van der Waals surface area (Å²) >= 11 is 0. The van der Waals surface area contributed by atoms with Gasteiger partial charge < -0.3 is 10.7 Å². The van der Waals surface area contributed by atoms with Crippen LogP contribution in [0.4, 0.5) is 13.2 Å². The van der Waals surface area contributed by atoms with Crippen molar-refractivity contribution in [1.82, 2.24) is 14.9 Å². The molecule has 160 valence electrons. The first-order valence-electron chi connectivity index (χ1n) is 9.62. The monoisotopic (exact) mass is 428 g/mol. The predicted octanol–water partition coefficient (Wildman–Crippen LogP) is 3.04. The van der Waals surface area contributed by atoms with Gasteiger partial charge in [-0.1, -0.05) is 23.8 Å². The molecular weight excluding hydrogens is 409 g/mol. The second kappa shape index (κ2) is 7.99. The van der Waals surface area contributed by atoms with Crippen LogP contribution in [0.5, 0.6) is 0 Å². The van der Waals surface area contributed by atoms with Gasteiger partial charge in [0.05, 0.1) is 11.1 Å². The molecule has 0 atom stereocenters. The number of nitrogens with two attached hydrogens (primary N) is 1. The first-order valence-corrected chi connectivity index (χ1v) is 9.62. The number of carbonyl (C=O) groups is 1. The maximum atomic E-state index is 14.9. The number of amides is 1. The highest BCUT2D eigenvalue weighted by atomic mass is 19.2. The van der Waals surface area contributed by atoms with Gasteiger partial charge in [-0.05, 0) is 25.5 Å². The van der Waals surface area contributed by atoms with Gasteiger partial charge in [0.1, 0.15) is 11.2 Å². The maximum absolute atomic E-state index is 14.9. The van der Waals surface area contributed by atoms with Gasteiger partial charge in [-0.2, -0.15) is 0 Å². The molecule has 0 aliphatic carbocycles. The van der Waals surface area contributed by atoms with E-state index in [0.29, 0.717) is 30.6 Å². The van der Waals surface area contributed by atoms with E-state index in [2.05, 4.69) is 9.97 Å². The Morgan fingerprint density at radius 1 is 1.19 bits per heavy atom. The van der Waals surface area contributed by atoms with Gasteiger partial charge in [-0.3, -0.25) is 14.5 Å². The standard InChI is InChI=1S/C22H19F3N4O2/c1-11-22(31)28-20-16(27-11)5-3-14(18(20)24)10-29-7-6-12(9-29)8-13-2-4-15(21(26)30)19(25)17(13)23/h2-5,8H,6-7,9-10H2,1H3,(H2,26,30)(H,28,31)/b12-8+. The molecule has 4 rings (SSSR count). The Morgan fingerprint density at radius 3 is 2.71 bits per heavy atom. The molecule has 1 amide bonds. The fourth-order valence-corrected chi connectivity index (χ4v) is 3.71. The third-order valence-electron chi connectivity index (χ3n) is 5.36. The number of aromatic nitrogens is 2. The van der Waals surface area contributed by atoms with Crippen LogP contribution in [0.25, 0.3) is 17.1 Å². The second-order valence-electron chi connectivity index (χ2n) is 7.54. The fraction of sp³-hybridized carbons (Fsp3) is 0.227. The van der Waals surface area contributed by atoms with Crippen molar-refractivity contribution in [1.29, 1.82) is 0 Å². The summed E-state index contributed by atoms with van der Waals surface area (Å²) in [5.74, 6) is -3.97. The summed E-state index contributed by atoms with van der Waals surface area (Å²) < 4.78 is 43.1. The molecule has 6 nitrogen and oxygen atoms in total. The van der Waals surface area contributed by atoms with Gasteiger partial charge in [0.2, 0.25) is 0 Å². The normalized spacial score (nSPS) is 15.8. The number of hydrogen-bond acceptors (Lipinski definition) is 4. The molecule has 3 aromatic rings. The number of carbonyl (C=O) groups excluding carboxylic acids is 1. The Kier molecular flexibility index (Phi) is 5.36. The smallest absolute Gasteiger partial charge is 0.269 e. The number of halogens is 3. The van der Waals surface area contributed by atoms with Crippen LogP contribution < -0.4 is 11.3 Å². The van der Waals surface area contributed by atoms with Gasteiger partial charge in [0.25, 0.3) is 11.5 Å². The lowest BCUT2D eigenvalue weighted by molar-refractivity contribution is 0.0995. The van der Waals surface area contributed by atoms with Crippen molar-refractivity contribution in [2.75, 3.05) is 13.1 Å². The van der Waals surface area contributed by atoms with E-state index in [1.807, 2.05) is 4.90 Å². The van der Waals surface area contributed by atoms with Gasteiger partial charge in [0.15, 0.2) is 17.5 Å². The summed E-state index contributed by atoms with van der Waals surface area (Å²) in [7, 11) is 0. The number of primary amides is 1. The van der Waals surface area contributed by atoms with Crippen molar-refractivity contribution < 1.29 is 18.0 Å². The highest BCUT2D eigenvalue weighted by Gasteiger charge is 2.21. The zero-order valence-corrected chi connectivity index (χ0v) is 16.6. The van der Waals surface area contributed by atoms with Crippen molar-refractivity contribution in [3.8, 4) is 0 Å². The summed E-state index contributed by atoms with van der Waals surface area (Å²) in [4.78, 5) is 31.5. The van der Waals surface area contributed by atoms with E-state index in [1.165, 1.54) is 12.1 Å². The number of benzene rings is 2. The number of likely N-dealkylation sites (tertiary alicyclic amines) is 1. The Hall–Kier alpha value is -3.46. The lowest BCUT2D eigenvalue weighted by Gasteiger charge is -2.15. The van der Waals surface area contributed by atoms with E-state index in [-0.39, 0.29) is 23.3 Å². The largest absolute Gasteiger partial charge is 0.366 e. The van der Waals surface area contributed by atoms with Gasteiger partial charge in [-0.25, -0.2) is 18.2 Å². The van der Waals surface area contributed by atoms with E-state index < -0.39 is 34.5 Å². The average Bonchev–Trinajstić information content (AvgIpc) is 3.16. The molecule has 2 heterocycles. The summed E-state index contributed by atoms with van der Waals surface area (Å²) in [6.45, 7) is 2.89. The minimum Gasteiger partial charge on any atom is -0.366 e. The van der Waals surface area contributed by atoms with Crippen LogP contribution in [-0.4, -0.2) is 33.9 Å². The van der Waals surface area contributed by atoms with Crippen LogP contribution in [-0.2, 0) is 6.54 Å². The second-order valence-corrected chi connectivity index (χ2v) is 7.54. The van der Waals surface area contributed by atoms with Crippen molar-refractivity contribution in [2.45, 2.75) is 19.9 Å². The molecule has 31 heavy (non-hydrogen) atoms. The number of rotatable bonds is 4. The first-order chi connectivity index (χ1) is 14.7. The molecule has 3 N–H and O–H groups in total. The van der Waals surface area contributed by atoms with E-state index in [9.17, 15) is 22.8 Å². The Balaban J connectivity index is 1.54. The van der Waals surface area contributed by atoms with Crippen LogP contribution >= 0.6 is 0 Å². The summed E-state index contributed by atoms with van der Waals surface area (Å²) in [6, 6.07) is 5.74. The topological polar surface area (TPSA) is 92.1 Å². The highest BCUT2D eigenvalue weighted by Crippen LogP contribution is 2.25. The van der Waals surface area contributed by atoms with Crippen molar-refractivity contribution >= 4 is 23.0 Å². The fourth-order valence-electron chi connectivity index (χ4n) is 3.71. The first kappa shape index (κ1) is 20.8. The van der Waals surface area contributed by atoms with Crippen molar-refractivity contribution in [3.63, 3.8) is 0 Å². The van der Waals surface area contributed by atoms with E-state index in [4.69, 9.17) is 5.73 Å². The molecule has 1 saturated heterocycles. The van der Waals surface area contributed by atoms with Crippen molar-refractivity contribution in [3.05, 3.63) is 80.0 Å². The Labute approximate surface area is 175 Å². The number of aromatic amines is 1. The quantitative estimate of drug-likeness (QED) is 0.668. The molecule has 0 unspecified atom stereocenters. The lowest BCUT2D eigenvalue weighted by atomic mass is 10.1. The summed E-state index contributed by atoms with van der Waals surface area (Å²) in [5.41, 5.74) is 6.06. The number of hydrogen-bond donors (Lipinski definition) is 2. The number of nitrogens with one attached hydrogen (secondary N) is 1. The van der Waals surface area contributed by atoms with Crippen LogP contribution in [0.15, 0.2) is 34.6 Å². The summed E-state index contributed by atoms with van der Waals surface area (Å²) in [6.07, 6.45) is 2.13. The predicted molar refractivity (Wildman–Crippen MR) is 110 cm³/mol. The van der Waals surface area contributed by atoms with Crippen LogP contribution in [0.1, 0.15) is 33.6 Å². The van der Waals surface area contributed by atoms with E-state index in [0.717, 1.165) is 11.6 Å². The van der Waals surface area contributed by atoms with Crippen LogP contribution in [0.3, 0.4) is 0 Å². The number of fused-ring (bicyclic) bond motifs is 1. The molecule has 0 spiro atoms. The molecule has 1 aliphatic heterocycles. The van der Waals surface area contributed by atoms with Gasteiger partial charge in [0, 0.05) is 30.8 Å². The minimum atomic E-state index is -1.27. The third-order valence-corrected chi connectivity index (χ3v) is 5.36. The number of nitrogens with zero attached hydrogens (tertiary/aromatic N) is 2. The Bertz CT molecular complexity index is 1300. The Morgan fingerprint density at radius 2 is 1.97 bits per heavy atom. The lowest BCUT2D eigenvalue weighted by Crippen LogP contribution is -2.20. The third kappa shape index (κ3) is 3.96. The van der Waals surface area contributed by atoms with E-state index >= 15 is 0 Å². The number of aryl methyl sites for hydroxylation is 1. The molecule has 1 aromatic heterocycles. The van der Waals surface area contributed by atoms with Crippen LogP contribution in [0, 0.1) is 24.4 Å². The molecule has 2 aromatic carbocycles.